The maximum atomic E-state index is 14.0. The van der Waals surface area contributed by atoms with Gasteiger partial charge in [0.2, 0.25) is 0 Å². The van der Waals surface area contributed by atoms with Crippen molar-refractivity contribution in [3.8, 4) is 0 Å². The fourth-order valence-electron chi connectivity index (χ4n) is 2.83. The molecule has 0 saturated heterocycles. The second-order valence-corrected chi connectivity index (χ2v) is 6.55. The van der Waals surface area contributed by atoms with Crippen molar-refractivity contribution in [1.29, 1.82) is 0 Å². The Morgan fingerprint density at radius 2 is 1.95 bits per heavy atom. The summed E-state index contributed by atoms with van der Waals surface area (Å²) in [6, 6.07) is 4.98. The van der Waals surface area contributed by atoms with Crippen LogP contribution < -0.4 is 11.1 Å². The van der Waals surface area contributed by atoms with Gasteiger partial charge in [0.05, 0.1) is 0 Å². The van der Waals surface area contributed by atoms with Crippen molar-refractivity contribution in [1.82, 2.24) is 5.32 Å². The van der Waals surface area contributed by atoms with Crippen molar-refractivity contribution in [2.45, 2.75) is 40.3 Å². The van der Waals surface area contributed by atoms with E-state index >= 15 is 0 Å². The first-order chi connectivity index (χ1) is 9.21. The summed E-state index contributed by atoms with van der Waals surface area (Å²) in [7, 11) is 0. The molecule has 1 aliphatic rings. The van der Waals surface area contributed by atoms with Crippen molar-refractivity contribution >= 4 is 5.84 Å². The smallest absolute Gasteiger partial charge is 0.170 e. The summed E-state index contributed by atoms with van der Waals surface area (Å²) >= 11 is 0. The summed E-state index contributed by atoms with van der Waals surface area (Å²) in [5.74, 6) is -0.439. The molecule has 1 aromatic carbocycles. The highest BCUT2D eigenvalue weighted by atomic mass is 19.1. The highest BCUT2D eigenvalue weighted by Gasteiger charge is 2.64. The Labute approximate surface area is 118 Å². The standard InChI is InChI=1S/C15H22FN3O/c1-14(2)13(15(14,3)4)18-8-10-6-5-9(7-11(10)16)12(17)19-20/h5-7,13,18,20H,8H2,1-4H3,(H2,17,19). The fourth-order valence-corrected chi connectivity index (χ4v) is 2.83. The van der Waals surface area contributed by atoms with Gasteiger partial charge >= 0.3 is 0 Å². The third kappa shape index (κ3) is 2.26. The molecule has 20 heavy (non-hydrogen) atoms. The van der Waals surface area contributed by atoms with E-state index < -0.39 is 0 Å². The number of halogens is 1. The predicted molar refractivity (Wildman–Crippen MR) is 77.1 cm³/mol. The van der Waals surface area contributed by atoms with Crippen molar-refractivity contribution < 1.29 is 9.60 Å². The average molecular weight is 279 g/mol. The van der Waals surface area contributed by atoms with E-state index in [9.17, 15) is 4.39 Å². The summed E-state index contributed by atoms with van der Waals surface area (Å²) in [5.41, 5.74) is 6.83. The molecule has 2 rings (SSSR count). The van der Waals surface area contributed by atoms with E-state index in [2.05, 4.69) is 38.2 Å². The lowest BCUT2D eigenvalue weighted by Crippen LogP contribution is -2.22. The monoisotopic (exact) mass is 279 g/mol. The van der Waals surface area contributed by atoms with Gasteiger partial charge in [0.15, 0.2) is 5.84 Å². The second kappa shape index (κ2) is 4.74. The Hall–Kier alpha value is -1.62. The van der Waals surface area contributed by atoms with Crippen LogP contribution >= 0.6 is 0 Å². The van der Waals surface area contributed by atoms with Crippen LogP contribution in [-0.2, 0) is 6.54 Å². The van der Waals surface area contributed by atoms with E-state index in [0.717, 1.165) is 0 Å². The van der Waals surface area contributed by atoms with Crippen LogP contribution in [-0.4, -0.2) is 17.1 Å². The minimum absolute atomic E-state index is 0.0899. The molecule has 110 valence electrons. The topological polar surface area (TPSA) is 70.6 Å². The highest BCUT2D eigenvalue weighted by Crippen LogP contribution is 2.62. The number of benzene rings is 1. The van der Waals surface area contributed by atoms with Crippen LogP contribution in [0.25, 0.3) is 0 Å². The lowest BCUT2D eigenvalue weighted by molar-refractivity contribution is 0.318. The zero-order chi connectivity index (χ0) is 15.1. The Balaban J connectivity index is 2.05. The summed E-state index contributed by atoms with van der Waals surface area (Å²) in [6.45, 7) is 9.32. The van der Waals surface area contributed by atoms with Crippen LogP contribution in [0, 0.1) is 16.6 Å². The van der Waals surface area contributed by atoms with Crippen LogP contribution in [0.5, 0.6) is 0 Å². The van der Waals surface area contributed by atoms with E-state index in [1.54, 1.807) is 12.1 Å². The Morgan fingerprint density at radius 1 is 1.35 bits per heavy atom. The number of hydrogen-bond acceptors (Lipinski definition) is 3. The molecule has 4 N–H and O–H groups in total. The van der Waals surface area contributed by atoms with E-state index in [0.29, 0.717) is 23.7 Å². The van der Waals surface area contributed by atoms with Crippen molar-refractivity contribution in [2.24, 2.45) is 21.7 Å². The zero-order valence-electron chi connectivity index (χ0n) is 12.4. The normalized spacial score (nSPS) is 20.9. The third-order valence-electron chi connectivity index (χ3n) is 4.97. The molecule has 0 aliphatic heterocycles. The Bertz CT molecular complexity index is 538. The number of hydrogen-bond donors (Lipinski definition) is 3. The molecular formula is C15H22FN3O. The minimum atomic E-state index is -0.349. The lowest BCUT2D eigenvalue weighted by Gasteiger charge is -2.09. The molecule has 5 heteroatoms. The molecule has 0 spiro atoms. The van der Waals surface area contributed by atoms with Gasteiger partial charge in [0.1, 0.15) is 5.82 Å². The van der Waals surface area contributed by atoms with E-state index in [1.807, 2.05) is 0 Å². The van der Waals surface area contributed by atoms with Gasteiger partial charge in [-0.2, -0.15) is 0 Å². The number of nitrogens with zero attached hydrogens (tertiary/aromatic N) is 1. The summed E-state index contributed by atoms with van der Waals surface area (Å²) in [4.78, 5) is 0. The first-order valence-corrected chi connectivity index (χ1v) is 6.71. The number of nitrogens with one attached hydrogen (secondary N) is 1. The summed E-state index contributed by atoms with van der Waals surface area (Å²) in [6.07, 6.45) is 0. The maximum absolute atomic E-state index is 14.0. The molecule has 1 aliphatic carbocycles. The first kappa shape index (κ1) is 14.8. The molecule has 1 aromatic rings. The molecular weight excluding hydrogens is 257 g/mol. The quantitative estimate of drug-likeness (QED) is 0.343. The van der Waals surface area contributed by atoms with Crippen LogP contribution in [0.3, 0.4) is 0 Å². The highest BCUT2D eigenvalue weighted by molar-refractivity contribution is 5.97. The molecule has 0 bridgehead atoms. The summed E-state index contributed by atoms with van der Waals surface area (Å²) < 4.78 is 14.0. The number of rotatable bonds is 4. The van der Waals surface area contributed by atoms with Gasteiger partial charge in [-0.05, 0) is 16.9 Å². The maximum Gasteiger partial charge on any atom is 0.170 e. The predicted octanol–water partition coefficient (Wildman–Crippen LogP) is 2.44. The van der Waals surface area contributed by atoms with Crippen molar-refractivity contribution in [3.63, 3.8) is 0 Å². The van der Waals surface area contributed by atoms with Crippen molar-refractivity contribution in [3.05, 3.63) is 35.1 Å². The molecule has 0 radical (unpaired) electrons. The van der Waals surface area contributed by atoms with Crippen LogP contribution in [0.4, 0.5) is 4.39 Å². The number of oxime groups is 1. The SMILES string of the molecule is CC1(C)C(NCc2ccc(C(N)=NO)cc2F)C1(C)C. The van der Waals surface area contributed by atoms with Crippen LogP contribution in [0.2, 0.25) is 0 Å². The second-order valence-electron chi connectivity index (χ2n) is 6.55. The van der Waals surface area contributed by atoms with Gasteiger partial charge in [-0.1, -0.05) is 45.0 Å². The fraction of sp³-hybridized carbons (Fsp3) is 0.533. The minimum Gasteiger partial charge on any atom is -0.409 e. The molecule has 0 heterocycles. The summed E-state index contributed by atoms with van der Waals surface area (Å²) in [5, 5.41) is 14.8. The molecule has 4 nitrogen and oxygen atoms in total. The van der Waals surface area contributed by atoms with E-state index in [1.165, 1.54) is 6.07 Å². The first-order valence-electron chi connectivity index (χ1n) is 6.71. The largest absolute Gasteiger partial charge is 0.409 e. The lowest BCUT2D eigenvalue weighted by atomic mass is 10.0. The van der Waals surface area contributed by atoms with Gasteiger partial charge in [-0.3, -0.25) is 0 Å². The molecule has 0 aromatic heterocycles. The van der Waals surface area contributed by atoms with Gasteiger partial charge in [-0.15, -0.1) is 0 Å². The number of nitrogens with two attached hydrogens (primary N) is 1. The number of amidine groups is 1. The van der Waals surface area contributed by atoms with Crippen molar-refractivity contribution in [2.75, 3.05) is 0 Å². The Morgan fingerprint density at radius 3 is 2.40 bits per heavy atom. The third-order valence-corrected chi connectivity index (χ3v) is 4.97. The Kier molecular flexibility index (Phi) is 3.50. The molecule has 0 atom stereocenters. The molecule has 0 unspecified atom stereocenters. The molecule has 0 amide bonds. The average Bonchev–Trinajstić information content (AvgIpc) is 2.77. The zero-order valence-corrected chi connectivity index (χ0v) is 12.4. The van der Waals surface area contributed by atoms with Gasteiger partial charge in [-0.25, -0.2) is 4.39 Å². The van der Waals surface area contributed by atoms with E-state index in [4.69, 9.17) is 10.9 Å². The van der Waals surface area contributed by atoms with Gasteiger partial charge in [0, 0.05) is 23.7 Å². The molecule has 1 saturated carbocycles. The van der Waals surface area contributed by atoms with Gasteiger partial charge < -0.3 is 16.3 Å². The molecule has 1 fully saturated rings. The van der Waals surface area contributed by atoms with E-state index in [-0.39, 0.29) is 22.5 Å². The van der Waals surface area contributed by atoms with Crippen LogP contribution in [0.1, 0.15) is 38.8 Å². The van der Waals surface area contributed by atoms with Crippen LogP contribution in [0.15, 0.2) is 23.4 Å². The van der Waals surface area contributed by atoms with Gasteiger partial charge in [0.25, 0.3) is 0 Å².